The fraction of sp³-hybridized carbons (Fsp3) is 0.455. The molecule has 1 saturated heterocycles. The predicted octanol–water partition coefficient (Wildman–Crippen LogP) is 0.851. The van der Waals surface area contributed by atoms with Crippen molar-refractivity contribution >= 4 is 0 Å². The molecule has 0 radical (unpaired) electrons. The van der Waals surface area contributed by atoms with E-state index in [0.717, 1.165) is 0 Å². The first-order valence-corrected chi connectivity index (χ1v) is 5.17. The lowest BCUT2D eigenvalue weighted by Crippen LogP contribution is -2.33. The van der Waals surface area contributed by atoms with Crippen molar-refractivity contribution in [3.63, 3.8) is 0 Å². The molecule has 1 aliphatic rings. The van der Waals surface area contributed by atoms with E-state index in [9.17, 15) is 9.59 Å². The molecule has 1 aliphatic heterocycles. The lowest BCUT2D eigenvalue weighted by molar-refractivity contribution is 0.0659. The molecule has 2 heterocycles. The van der Waals surface area contributed by atoms with Crippen LogP contribution < -0.4 is 11.2 Å². The molecule has 5 nitrogen and oxygen atoms in total. The van der Waals surface area contributed by atoms with Gasteiger partial charge in [-0.1, -0.05) is 20.4 Å². The number of allylic oxidation sites excluding steroid dienone is 1. The van der Waals surface area contributed by atoms with E-state index < -0.39 is 11.2 Å². The summed E-state index contributed by atoms with van der Waals surface area (Å²) in [5, 5.41) is 0. The Hall–Kier alpha value is -1.78. The van der Waals surface area contributed by atoms with Gasteiger partial charge in [0.25, 0.3) is 5.56 Å². The van der Waals surface area contributed by atoms with Gasteiger partial charge in [-0.05, 0) is 0 Å². The zero-order chi connectivity index (χ0) is 11.9. The van der Waals surface area contributed by atoms with Crippen LogP contribution in [0.4, 0.5) is 0 Å². The molecule has 16 heavy (non-hydrogen) atoms. The number of nitrogens with one attached hydrogen (secondary N) is 1. The van der Waals surface area contributed by atoms with Gasteiger partial charge in [-0.2, -0.15) is 0 Å². The zero-order valence-electron chi connectivity index (χ0n) is 9.27. The van der Waals surface area contributed by atoms with Crippen LogP contribution in [0, 0.1) is 11.8 Å². The molecule has 0 aromatic carbocycles. The van der Waals surface area contributed by atoms with E-state index in [4.69, 9.17) is 4.74 Å². The van der Waals surface area contributed by atoms with Crippen LogP contribution in [0.25, 0.3) is 0 Å². The van der Waals surface area contributed by atoms with Gasteiger partial charge in [-0.3, -0.25) is 14.3 Å². The van der Waals surface area contributed by atoms with Gasteiger partial charge in [0, 0.05) is 24.1 Å². The van der Waals surface area contributed by atoms with Crippen LogP contribution >= 0.6 is 0 Å². The Kier molecular flexibility index (Phi) is 2.46. The van der Waals surface area contributed by atoms with Crippen LogP contribution in [0.2, 0.25) is 0 Å². The molecule has 0 saturated carbocycles. The van der Waals surface area contributed by atoms with Gasteiger partial charge in [-0.15, -0.1) is 0 Å². The van der Waals surface area contributed by atoms with Crippen LogP contribution in [-0.2, 0) is 4.74 Å². The van der Waals surface area contributed by atoms with Gasteiger partial charge in [0.15, 0.2) is 6.23 Å². The smallest absolute Gasteiger partial charge is 0.331 e. The predicted molar refractivity (Wildman–Crippen MR) is 58.9 cm³/mol. The molecule has 1 fully saturated rings. The Morgan fingerprint density at radius 3 is 2.62 bits per heavy atom. The van der Waals surface area contributed by atoms with Gasteiger partial charge in [0.05, 0.1) is 5.76 Å². The Morgan fingerprint density at radius 1 is 1.44 bits per heavy atom. The second-order valence-electron chi connectivity index (χ2n) is 4.14. The van der Waals surface area contributed by atoms with Crippen LogP contribution in [0.3, 0.4) is 0 Å². The number of H-pyrrole nitrogens is 1. The van der Waals surface area contributed by atoms with Crippen LogP contribution in [0.5, 0.6) is 0 Å². The quantitative estimate of drug-likeness (QED) is 0.766. The standard InChI is InChI=1S/C11H14N2O3/c1-6-7(2)10(16-8(6)3)13-5-4-9(14)12-11(13)15/h4-7,10H,3H2,1-2H3,(H,12,14,15)/t6-,7+,10+/m0/s1. The minimum Gasteiger partial charge on any atom is -0.474 e. The third-order valence-corrected chi connectivity index (χ3v) is 3.14. The first kappa shape index (κ1) is 10.7. The fourth-order valence-electron chi connectivity index (χ4n) is 1.85. The number of rotatable bonds is 1. The Balaban J connectivity index is 2.43. The Bertz CT molecular complexity index is 529. The minimum absolute atomic E-state index is 0.149. The number of hydrogen-bond donors (Lipinski definition) is 1. The van der Waals surface area contributed by atoms with Crippen LogP contribution in [0.1, 0.15) is 20.1 Å². The average molecular weight is 222 g/mol. The van der Waals surface area contributed by atoms with Gasteiger partial charge in [-0.25, -0.2) is 4.79 Å². The summed E-state index contributed by atoms with van der Waals surface area (Å²) in [5.41, 5.74) is -0.856. The molecule has 0 aliphatic carbocycles. The van der Waals surface area contributed by atoms with Gasteiger partial charge in [0.2, 0.25) is 0 Å². The molecule has 2 rings (SSSR count). The lowest BCUT2D eigenvalue weighted by atomic mass is 9.96. The van der Waals surface area contributed by atoms with Crippen molar-refractivity contribution in [1.82, 2.24) is 9.55 Å². The summed E-state index contributed by atoms with van der Waals surface area (Å²) < 4.78 is 6.93. The van der Waals surface area contributed by atoms with Crippen molar-refractivity contribution in [1.29, 1.82) is 0 Å². The van der Waals surface area contributed by atoms with Crippen LogP contribution in [0.15, 0.2) is 34.2 Å². The third kappa shape index (κ3) is 1.58. The van der Waals surface area contributed by atoms with E-state index in [0.29, 0.717) is 5.76 Å². The maximum atomic E-state index is 11.6. The summed E-state index contributed by atoms with van der Waals surface area (Å²) >= 11 is 0. The Morgan fingerprint density at radius 2 is 2.12 bits per heavy atom. The second kappa shape index (κ2) is 3.66. The molecule has 0 amide bonds. The first-order chi connectivity index (χ1) is 7.50. The molecule has 86 valence electrons. The topological polar surface area (TPSA) is 64.1 Å². The molecular weight excluding hydrogens is 208 g/mol. The molecule has 5 heteroatoms. The summed E-state index contributed by atoms with van der Waals surface area (Å²) in [6, 6.07) is 1.31. The summed E-state index contributed by atoms with van der Waals surface area (Å²) in [4.78, 5) is 24.7. The highest BCUT2D eigenvalue weighted by molar-refractivity contribution is 5.00. The summed E-state index contributed by atoms with van der Waals surface area (Å²) in [5.74, 6) is 1.02. The van der Waals surface area contributed by atoms with Crippen molar-refractivity contribution < 1.29 is 4.74 Å². The monoisotopic (exact) mass is 222 g/mol. The highest BCUT2D eigenvalue weighted by atomic mass is 16.5. The van der Waals surface area contributed by atoms with Gasteiger partial charge in [0.1, 0.15) is 0 Å². The van der Waals surface area contributed by atoms with E-state index in [1.165, 1.54) is 16.8 Å². The van der Waals surface area contributed by atoms with E-state index in [-0.39, 0.29) is 18.1 Å². The zero-order valence-corrected chi connectivity index (χ0v) is 9.27. The normalized spacial score (nSPS) is 29.1. The van der Waals surface area contributed by atoms with Crippen molar-refractivity contribution in [3.8, 4) is 0 Å². The highest BCUT2D eigenvalue weighted by Crippen LogP contribution is 2.39. The van der Waals surface area contributed by atoms with Crippen molar-refractivity contribution in [3.05, 3.63) is 45.4 Å². The van der Waals surface area contributed by atoms with Crippen molar-refractivity contribution in [2.24, 2.45) is 11.8 Å². The summed E-state index contributed by atoms with van der Waals surface area (Å²) in [6.07, 6.45) is 1.07. The van der Waals surface area contributed by atoms with Crippen LogP contribution in [-0.4, -0.2) is 9.55 Å². The van der Waals surface area contributed by atoms with E-state index >= 15 is 0 Å². The van der Waals surface area contributed by atoms with E-state index in [2.05, 4.69) is 11.6 Å². The first-order valence-electron chi connectivity index (χ1n) is 5.17. The molecule has 1 aromatic rings. The molecule has 1 N–H and O–H groups in total. The number of aromatic amines is 1. The Labute approximate surface area is 92.4 Å². The van der Waals surface area contributed by atoms with Gasteiger partial charge < -0.3 is 4.74 Å². The average Bonchev–Trinajstić information content (AvgIpc) is 2.46. The van der Waals surface area contributed by atoms with E-state index in [1.54, 1.807) is 0 Å². The molecule has 1 aromatic heterocycles. The fourth-order valence-corrected chi connectivity index (χ4v) is 1.85. The molecule has 0 unspecified atom stereocenters. The number of ether oxygens (including phenoxy) is 1. The highest BCUT2D eigenvalue weighted by Gasteiger charge is 2.36. The third-order valence-electron chi connectivity index (χ3n) is 3.14. The molecular formula is C11H14N2O3. The SMILES string of the molecule is C=C1O[C@@H](n2ccc(=O)[nH]c2=O)[C@H](C)[C@@H]1C. The summed E-state index contributed by atoms with van der Waals surface area (Å²) in [7, 11) is 0. The molecule has 3 atom stereocenters. The van der Waals surface area contributed by atoms with E-state index in [1.807, 2.05) is 13.8 Å². The second-order valence-corrected chi connectivity index (χ2v) is 4.14. The number of hydrogen-bond acceptors (Lipinski definition) is 3. The maximum absolute atomic E-state index is 11.6. The van der Waals surface area contributed by atoms with Crippen molar-refractivity contribution in [2.45, 2.75) is 20.1 Å². The molecule has 0 bridgehead atoms. The lowest BCUT2D eigenvalue weighted by Gasteiger charge is -2.17. The number of nitrogens with zero attached hydrogens (tertiary/aromatic N) is 1. The van der Waals surface area contributed by atoms with Crippen molar-refractivity contribution in [2.75, 3.05) is 0 Å². The van der Waals surface area contributed by atoms with Gasteiger partial charge >= 0.3 is 5.69 Å². The number of aromatic nitrogens is 2. The minimum atomic E-state index is -0.453. The largest absolute Gasteiger partial charge is 0.474 e. The molecule has 0 spiro atoms. The maximum Gasteiger partial charge on any atom is 0.331 e. The summed E-state index contributed by atoms with van der Waals surface area (Å²) in [6.45, 7) is 7.79.